The number of carbonyl (C=O) groups is 1. The molecule has 1 aliphatic heterocycles. The van der Waals surface area contributed by atoms with Crippen molar-refractivity contribution < 1.29 is 19.4 Å². The van der Waals surface area contributed by atoms with Gasteiger partial charge in [-0.3, -0.25) is 4.79 Å². The fraction of sp³-hybridized carbons (Fsp3) is 0.533. The Balaban J connectivity index is 0.00000220. The monoisotopic (exact) mass is 315 g/mol. The van der Waals surface area contributed by atoms with E-state index in [0.29, 0.717) is 19.0 Å². The van der Waals surface area contributed by atoms with Crippen molar-refractivity contribution in [3.05, 3.63) is 23.3 Å². The highest BCUT2D eigenvalue weighted by Crippen LogP contribution is 2.36. The van der Waals surface area contributed by atoms with E-state index >= 15 is 0 Å². The molecular formula is C15H22ClNO4. The lowest BCUT2D eigenvalue weighted by molar-refractivity contribution is -0.137. The Morgan fingerprint density at radius 3 is 2.48 bits per heavy atom. The third-order valence-electron chi connectivity index (χ3n) is 3.34. The van der Waals surface area contributed by atoms with Crippen LogP contribution in [0.25, 0.3) is 0 Å². The van der Waals surface area contributed by atoms with Crippen molar-refractivity contribution in [2.24, 2.45) is 0 Å². The Hall–Kier alpha value is -1.46. The summed E-state index contributed by atoms with van der Waals surface area (Å²) < 4.78 is 11.2. The number of carboxylic acid groups (broad SMARTS) is 1. The molecule has 118 valence electrons. The molecule has 0 aromatic heterocycles. The molecule has 0 bridgehead atoms. The number of benzene rings is 1. The second-order valence-corrected chi connectivity index (χ2v) is 4.72. The summed E-state index contributed by atoms with van der Waals surface area (Å²) in [5.41, 5.74) is 2.15. The van der Waals surface area contributed by atoms with E-state index in [1.165, 1.54) is 0 Å². The molecule has 1 aromatic carbocycles. The van der Waals surface area contributed by atoms with Crippen molar-refractivity contribution in [1.29, 1.82) is 0 Å². The zero-order valence-electron chi connectivity index (χ0n) is 12.3. The number of hydrogen-bond acceptors (Lipinski definition) is 4. The Labute approximate surface area is 131 Å². The Kier molecular flexibility index (Phi) is 6.78. The zero-order chi connectivity index (χ0) is 14.5. The van der Waals surface area contributed by atoms with Crippen LogP contribution in [-0.2, 0) is 11.2 Å². The van der Waals surface area contributed by atoms with Gasteiger partial charge in [-0.1, -0.05) is 0 Å². The highest BCUT2D eigenvalue weighted by molar-refractivity contribution is 5.85. The molecule has 1 heterocycles. The van der Waals surface area contributed by atoms with Crippen LogP contribution in [0.2, 0.25) is 0 Å². The molecule has 0 saturated carbocycles. The van der Waals surface area contributed by atoms with Crippen LogP contribution in [0.3, 0.4) is 0 Å². The minimum absolute atomic E-state index is 0. The van der Waals surface area contributed by atoms with Gasteiger partial charge in [-0.15, -0.1) is 12.4 Å². The molecule has 21 heavy (non-hydrogen) atoms. The third-order valence-corrected chi connectivity index (χ3v) is 3.34. The summed E-state index contributed by atoms with van der Waals surface area (Å²) in [7, 11) is 0. The lowest BCUT2D eigenvalue weighted by Crippen LogP contribution is -2.31. The Morgan fingerprint density at radius 1 is 1.29 bits per heavy atom. The van der Waals surface area contributed by atoms with Gasteiger partial charge in [-0.2, -0.15) is 0 Å². The van der Waals surface area contributed by atoms with Crippen molar-refractivity contribution >= 4 is 18.4 Å². The van der Waals surface area contributed by atoms with Gasteiger partial charge in [0.2, 0.25) is 0 Å². The maximum absolute atomic E-state index is 11.0. The van der Waals surface area contributed by atoms with Crippen LogP contribution >= 0.6 is 12.4 Å². The van der Waals surface area contributed by atoms with E-state index in [1.807, 2.05) is 26.0 Å². The average Bonchev–Trinajstić information content (AvgIpc) is 2.40. The first-order chi connectivity index (χ1) is 9.65. The summed E-state index contributed by atoms with van der Waals surface area (Å²) >= 11 is 0. The summed E-state index contributed by atoms with van der Waals surface area (Å²) in [4.78, 5) is 11.0. The van der Waals surface area contributed by atoms with Crippen LogP contribution in [-0.4, -0.2) is 30.8 Å². The van der Waals surface area contributed by atoms with Gasteiger partial charge >= 0.3 is 5.97 Å². The zero-order valence-corrected chi connectivity index (χ0v) is 13.2. The van der Waals surface area contributed by atoms with E-state index in [-0.39, 0.29) is 24.9 Å². The maximum atomic E-state index is 11.0. The molecule has 5 nitrogen and oxygen atoms in total. The maximum Gasteiger partial charge on any atom is 0.305 e. The van der Waals surface area contributed by atoms with Crippen LogP contribution in [0.15, 0.2) is 12.1 Å². The minimum atomic E-state index is -0.804. The number of nitrogens with one attached hydrogen (secondary N) is 1. The van der Waals surface area contributed by atoms with Gasteiger partial charge in [0.25, 0.3) is 0 Å². The number of aliphatic carboxylic acids is 1. The van der Waals surface area contributed by atoms with Crippen molar-refractivity contribution in [3.8, 4) is 11.5 Å². The van der Waals surface area contributed by atoms with Crippen LogP contribution in [0.4, 0.5) is 0 Å². The quantitative estimate of drug-likeness (QED) is 0.844. The smallest absolute Gasteiger partial charge is 0.305 e. The van der Waals surface area contributed by atoms with E-state index in [2.05, 4.69) is 5.32 Å². The molecule has 2 N–H and O–H groups in total. The van der Waals surface area contributed by atoms with Gasteiger partial charge in [0.1, 0.15) is 0 Å². The topological polar surface area (TPSA) is 67.8 Å². The van der Waals surface area contributed by atoms with Gasteiger partial charge in [0.15, 0.2) is 11.5 Å². The van der Waals surface area contributed by atoms with Crippen molar-refractivity contribution in [1.82, 2.24) is 5.32 Å². The van der Waals surface area contributed by atoms with Crippen LogP contribution in [0.1, 0.15) is 37.4 Å². The predicted molar refractivity (Wildman–Crippen MR) is 82.7 cm³/mol. The lowest BCUT2D eigenvalue weighted by Gasteiger charge is -2.27. The lowest BCUT2D eigenvalue weighted by atomic mass is 9.92. The Morgan fingerprint density at radius 2 is 1.90 bits per heavy atom. The highest BCUT2D eigenvalue weighted by atomic mass is 35.5. The van der Waals surface area contributed by atoms with E-state index < -0.39 is 5.97 Å². The number of ether oxygens (including phenoxy) is 2. The molecule has 6 heteroatoms. The normalized spacial score (nSPS) is 16.6. The molecule has 0 amide bonds. The largest absolute Gasteiger partial charge is 0.490 e. The number of hydrogen-bond donors (Lipinski definition) is 2. The Bertz CT molecular complexity index is 493. The molecule has 0 fully saturated rings. The number of halogens is 1. The summed E-state index contributed by atoms with van der Waals surface area (Å²) in [5, 5.41) is 12.3. The van der Waals surface area contributed by atoms with Gasteiger partial charge in [0.05, 0.1) is 19.6 Å². The fourth-order valence-electron chi connectivity index (χ4n) is 2.54. The molecule has 0 aliphatic carbocycles. The van der Waals surface area contributed by atoms with Crippen LogP contribution in [0.5, 0.6) is 11.5 Å². The molecule has 1 unspecified atom stereocenters. The first-order valence-electron chi connectivity index (χ1n) is 7.03. The summed E-state index contributed by atoms with van der Waals surface area (Å²) in [5.74, 6) is 0.624. The second kappa shape index (κ2) is 8.10. The summed E-state index contributed by atoms with van der Waals surface area (Å²) in [6, 6.07) is 3.74. The highest BCUT2D eigenvalue weighted by Gasteiger charge is 2.24. The predicted octanol–water partition coefficient (Wildman–Crippen LogP) is 2.57. The molecule has 0 radical (unpaired) electrons. The number of carboxylic acids is 1. The first-order valence-corrected chi connectivity index (χ1v) is 7.03. The van der Waals surface area contributed by atoms with E-state index in [1.54, 1.807) is 0 Å². The van der Waals surface area contributed by atoms with Gasteiger partial charge in [-0.25, -0.2) is 0 Å². The molecular weight excluding hydrogens is 294 g/mol. The minimum Gasteiger partial charge on any atom is -0.490 e. The second-order valence-electron chi connectivity index (χ2n) is 4.72. The summed E-state index contributed by atoms with van der Waals surface area (Å²) in [6.07, 6.45) is 0.949. The molecule has 1 aromatic rings. The number of rotatable bonds is 6. The number of fused-ring (bicyclic) bond motifs is 1. The van der Waals surface area contributed by atoms with Crippen LogP contribution < -0.4 is 14.8 Å². The van der Waals surface area contributed by atoms with Gasteiger partial charge < -0.3 is 19.9 Å². The molecule has 0 saturated heterocycles. The average molecular weight is 316 g/mol. The first kappa shape index (κ1) is 17.6. The fourth-order valence-corrected chi connectivity index (χ4v) is 2.54. The van der Waals surface area contributed by atoms with E-state index in [9.17, 15) is 4.79 Å². The van der Waals surface area contributed by atoms with E-state index in [0.717, 1.165) is 29.8 Å². The van der Waals surface area contributed by atoms with Crippen molar-refractivity contribution in [2.75, 3.05) is 19.8 Å². The van der Waals surface area contributed by atoms with Crippen molar-refractivity contribution in [2.45, 2.75) is 32.7 Å². The molecule has 0 spiro atoms. The third kappa shape index (κ3) is 4.25. The molecule has 1 atom stereocenters. The SMILES string of the molecule is CCOc1cc2c(cc1OCC)C(CC(=O)O)NCC2.Cl. The van der Waals surface area contributed by atoms with E-state index in [4.69, 9.17) is 14.6 Å². The van der Waals surface area contributed by atoms with Gasteiger partial charge in [-0.05, 0) is 50.1 Å². The molecule has 2 rings (SSSR count). The molecule has 1 aliphatic rings. The van der Waals surface area contributed by atoms with Gasteiger partial charge in [0, 0.05) is 6.04 Å². The van der Waals surface area contributed by atoms with Crippen LogP contribution in [0, 0.1) is 0 Å². The standard InChI is InChI=1S/C15H21NO4.ClH/c1-3-19-13-7-10-5-6-16-12(9-15(17)18)11(10)8-14(13)20-4-2;/h7-8,12,16H,3-6,9H2,1-2H3,(H,17,18);1H. The summed E-state index contributed by atoms with van der Waals surface area (Å²) in [6.45, 7) is 5.77. The van der Waals surface area contributed by atoms with Crippen molar-refractivity contribution in [3.63, 3.8) is 0 Å².